The second-order valence-corrected chi connectivity index (χ2v) is 5.25. The molecule has 1 aromatic heterocycles. The fourth-order valence-electron chi connectivity index (χ4n) is 2.22. The van der Waals surface area contributed by atoms with Gasteiger partial charge in [-0.2, -0.15) is 5.11 Å². The van der Waals surface area contributed by atoms with Gasteiger partial charge in [0.05, 0.1) is 5.69 Å². The van der Waals surface area contributed by atoms with E-state index in [4.69, 9.17) is 4.42 Å². The van der Waals surface area contributed by atoms with E-state index >= 15 is 0 Å². The molecular weight excluding hydrogens is 296 g/mol. The number of aromatic hydroxyl groups is 2. The van der Waals surface area contributed by atoms with E-state index < -0.39 is 11.4 Å². The van der Waals surface area contributed by atoms with Crippen molar-refractivity contribution in [1.29, 1.82) is 0 Å². The Labute approximate surface area is 131 Å². The van der Waals surface area contributed by atoms with E-state index in [1.807, 2.05) is 19.1 Å². The molecule has 0 aliphatic heterocycles. The molecule has 23 heavy (non-hydrogen) atoms. The maximum atomic E-state index is 11.6. The molecule has 3 aromatic rings. The Kier molecular flexibility index (Phi) is 3.57. The van der Waals surface area contributed by atoms with Crippen LogP contribution in [0.1, 0.15) is 11.1 Å². The average Bonchev–Trinajstić information content (AvgIpc) is 2.51. The van der Waals surface area contributed by atoms with E-state index in [9.17, 15) is 15.0 Å². The number of aryl methyl sites for hydroxylation is 2. The highest BCUT2D eigenvalue weighted by Crippen LogP contribution is 2.43. The van der Waals surface area contributed by atoms with E-state index in [1.54, 1.807) is 19.1 Å². The third-order valence-corrected chi connectivity index (χ3v) is 3.47. The number of azo groups is 1. The predicted octanol–water partition coefficient (Wildman–Crippen LogP) is 4.24. The Morgan fingerprint density at radius 1 is 1.00 bits per heavy atom. The van der Waals surface area contributed by atoms with E-state index in [2.05, 4.69) is 10.2 Å². The smallest absolute Gasteiger partial charge is 0.336 e. The Morgan fingerprint density at radius 2 is 1.70 bits per heavy atom. The number of rotatable bonds is 2. The van der Waals surface area contributed by atoms with Crippen molar-refractivity contribution in [3.63, 3.8) is 0 Å². The molecule has 0 atom stereocenters. The lowest BCUT2D eigenvalue weighted by Gasteiger charge is -2.06. The Bertz CT molecular complexity index is 973. The number of hydrogen-bond acceptors (Lipinski definition) is 6. The van der Waals surface area contributed by atoms with Crippen LogP contribution in [0, 0.1) is 13.8 Å². The second kappa shape index (κ2) is 5.57. The summed E-state index contributed by atoms with van der Waals surface area (Å²) in [5.74, 6) is -0.839. The number of benzene rings is 2. The quantitative estimate of drug-likeness (QED) is 0.420. The molecule has 1 heterocycles. The molecule has 6 heteroatoms. The molecule has 3 rings (SSSR count). The van der Waals surface area contributed by atoms with Gasteiger partial charge in [0.2, 0.25) is 0 Å². The van der Waals surface area contributed by atoms with Gasteiger partial charge in [-0.25, -0.2) is 4.79 Å². The molecule has 0 saturated carbocycles. The van der Waals surface area contributed by atoms with Crippen molar-refractivity contribution in [2.75, 3.05) is 0 Å². The van der Waals surface area contributed by atoms with Gasteiger partial charge in [-0.3, -0.25) is 0 Å². The molecule has 0 bridgehead atoms. The maximum Gasteiger partial charge on any atom is 0.336 e. The van der Waals surface area contributed by atoms with Gasteiger partial charge in [0.15, 0.2) is 22.8 Å². The SMILES string of the molecule is Cc1ccc(N=Nc2c(O)c(O)cc3c(C)cc(=O)oc23)cc1. The first kappa shape index (κ1) is 14.8. The van der Waals surface area contributed by atoms with Gasteiger partial charge in [0.25, 0.3) is 0 Å². The summed E-state index contributed by atoms with van der Waals surface area (Å²) in [4.78, 5) is 11.6. The molecule has 0 saturated heterocycles. The van der Waals surface area contributed by atoms with Crippen LogP contribution in [0.2, 0.25) is 0 Å². The molecule has 116 valence electrons. The normalized spacial score (nSPS) is 11.4. The molecule has 6 nitrogen and oxygen atoms in total. The van der Waals surface area contributed by atoms with Crippen LogP contribution >= 0.6 is 0 Å². The van der Waals surface area contributed by atoms with Crippen molar-refractivity contribution in [3.05, 3.63) is 57.9 Å². The first-order chi connectivity index (χ1) is 11.0. The Hall–Kier alpha value is -3.15. The fourth-order valence-corrected chi connectivity index (χ4v) is 2.22. The minimum atomic E-state index is -0.563. The predicted molar refractivity (Wildman–Crippen MR) is 85.9 cm³/mol. The molecule has 2 aromatic carbocycles. The highest BCUT2D eigenvalue weighted by molar-refractivity contribution is 5.94. The number of nitrogens with zero attached hydrogens (tertiary/aromatic N) is 2. The van der Waals surface area contributed by atoms with Gasteiger partial charge in [0.1, 0.15) is 0 Å². The highest BCUT2D eigenvalue weighted by atomic mass is 16.4. The molecule has 0 aliphatic rings. The van der Waals surface area contributed by atoms with Crippen molar-refractivity contribution in [2.45, 2.75) is 13.8 Å². The number of phenols is 2. The summed E-state index contributed by atoms with van der Waals surface area (Å²) in [6.07, 6.45) is 0. The van der Waals surface area contributed by atoms with Crippen molar-refractivity contribution in [2.24, 2.45) is 10.2 Å². The van der Waals surface area contributed by atoms with Crippen LogP contribution in [0.4, 0.5) is 11.4 Å². The zero-order chi connectivity index (χ0) is 16.6. The molecule has 0 amide bonds. The summed E-state index contributed by atoms with van der Waals surface area (Å²) < 4.78 is 5.14. The zero-order valence-electron chi connectivity index (χ0n) is 12.6. The lowest BCUT2D eigenvalue weighted by molar-refractivity contribution is 0.404. The summed E-state index contributed by atoms with van der Waals surface area (Å²) in [6, 6.07) is 9.91. The monoisotopic (exact) mass is 310 g/mol. The molecule has 0 aliphatic carbocycles. The van der Waals surface area contributed by atoms with Crippen LogP contribution < -0.4 is 5.63 Å². The molecule has 0 radical (unpaired) electrons. The third-order valence-electron chi connectivity index (χ3n) is 3.47. The number of hydrogen-bond donors (Lipinski definition) is 2. The van der Waals surface area contributed by atoms with E-state index in [1.165, 1.54) is 12.1 Å². The van der Waals surface area contributed by atoms with Crippen LogP contribution in [-0.2, 0) is 0 Å². The van der Waals surface area contributed by atoms with Gasteiger partial charge in [-0.05, 0) is 37.6 Å². The summed E-state index contributed by atoms with van der Waals surface area (Å²) in [5, 5.41) is 28.4. The molecular formula is C17H14N2O4. The van der Waals surface area contributed by atoms with Crippen molar-refractivity contribution < 1.29 is 14.6 Å². The van der Waals surface area contributed by atoms with Gasteiger partial charge < -0.3 is 14.6 Å². The van der Waals surface area contributed by atoms with Crippen LogP contribution in [-0.4, -0.2) is 10.2 Å². The van der Waals surface area contributed by atoms with E-state index in [0.717, 1.165) is 5.56 Å². The molecule has 0 fully saturated rings. The molecule has 0 spiro atoms. The summed E-state index contributed by atoms with van der Waals surface area (Å²) in [5.41, 5.74) is 1.70. The van der Waals surface area contributed by atoms with E-state index in [-0.39, 0.29) is 17.0 Å². The minimum absolute atomic E-state index is 0.0821. The average molecular weight is 310 g/mol. The lowest BCUT2D eigenvalue weighted by Crippen LogP contribution is -1.97. The standard InChI is InChI=1S/C17H14N2O4/c1-9-3-5-11(6-4-9)18-19-15-16(22)13(20)8-12-10(2)7-14(21)23-17(12)15/h3-8,20,22H,1-2H3. The Morgan fingerprint density at radius 3 is 2.39 bits per heavy atom. The molecule has 2 N–H and O–H groups in total. The minimum Gasteiger partial charge on any atom is -0.504 e. The highest BCUT2D eigenvalue weighted by Gasteiger charge is 2.16. The molecule has 0 unspecified atom stereocenters. The van der Waals surface area contributed by atoms with Crippen molar-refractivity contribution >= 4 is 22.3 Å². The fraction of sp³-hybridized carbons (Fsp3) is 0.118. The number of phenolic OH excluding ortho intramolecular Hbond substituents is 2. The first-order valence-corrected chi connectivity index (χ1v) is 6.93. The van der Waals surface area contributed by atoms with Crippen molar-refractivity contribution in [1.82, 2.24) is 0 Å². The van der Waals surface area contributed by atoms with Crippen LogP contribution in [0.5, 0.6) is 11.5 Å². The first-order valence-electron chi connectivity index (χ1n) is 6.93. The van der Waals surface area contributed by atoms with Crippen LogP contribution in [0.25, 0.3) is 11.0 Å². The number of fused-ring (bicyclic) bond motifs is 1. The van der Waals surface area contributed by atoms with Gasteiger partial charge in [-0.15, -0.1) is 5.11 Å². The largest absolute Gasteiger partial charge is 0.504 e. The van der Waals surface area contributed by atoms with Gasteiger partial charge in [0, 0.05) is 11.5 Å². The van der Waals surface area contributed by atoms with Gasteiger partial charge in [-0.1, -0.05) is 17.7 Å². The summed E-state index contributed by atoms with van der Waals surface area (Å²) in [6.45, 7) is 3.66. The third kappa shape index (κ3) is 2.78. The summed E-state index contributed by atoms with van der Waals surface area (Å²) in [7, 11) is 0. The van der Waals surface area contributed by atoms with E-state index in [0.29, 0.717) is 16.6 Å². The Balaban J connectivity index is 2.21. The maximum absolute atomic E-state index is 11.6. The van der Waals surface area contributed by atoms with Crippen molar-refractivity contribution in [3.8, 4) is 11.5 Å². The van der Waals surface area contributed by atoms with Crippen LogP contribution in [0.15, 0.2) is 55.8 Å². The lowest BCUT2D eigenvalue weighted by atomic mass is 10.1. The topological polar surface area (TPSA) is 95.4 Å². The van der Waals surface area contributed by atoms with Gasteiger partial charge >= 0.3 is 5.63 Å². The summed E-state index contributed by atoms with van der Waals surface area (Å²) >= 11 is 0. The second-order valence-electron chi connectivity index (χ2n) is 5.25. The zero-order valence-corrected chi connectivity index (χ0v) is 12.6. The van der Waals surface area contributed by atoms with Crippen LogP contribution in [0.3, 0.4) is 0 Å².